The van der Waals surface area contributed by atoms with E-state index < -0.39 is 0 Å². The molecule has 0 atom stereocenters. The van der Waals surface area contributed by atoms with Gasteiger partial charge in [-0.3, -0.25) is 0 Å². The second kappa shape index (κ2) is 9.31. The van der Waals surface area contributed by atoms with Crippen LogP contribution in [0.5, 0.6) is 23.0 Å². The summed E-state index contributed by atoms with van der Waals surface area (Å²) in [5.41, 5.74) is 15.8. The molecule has 0 N–H and O–H groups in total. The van der Waals surface area contributed by atoms with Crippen LogP contribution < -0.4 is 47.2 Å². The summed E-state index contributed by atoms with van der Waals surface area (Å²) in [6.45, 7) is 0.0611. The number of para-hydroxylation sites is 2. The lowest BCUT2D eigenvalue weighted by Gasteiger charge is -2.47. The molecule has 0 fully saturated rings. The third kappa shape index (κ3) is 3.43. The number of ether oxygens (including phenoxy) is 2. The first-order chi connectivity index (χ1) is 23.3. The van der Waals surface area contributed by atoms with Gasteiger partial charge in [0.1, 0.15) is 23.0 Å². The Morgan fingerprint density at radius 2 is 0.809 bits per heavy atom. The molecular formula is C42H25B2NO2. The van der Waals surface area contributed by atoms with Crippen molar-refractivity contribution in [2.24, 2.45) is 0 Å². The van der Waals surface area contributed by atoms with E-state index in [-0.39, 0.29) is 13.4 Å². The SMILES string of the molecule is c1ccc(-c2ccc3c(c2)N2c4cc(-c5ccccc5)ccc4B4c5ccccc5Oc5cc6c(c2c54)B3c2ccccc2O6)cc1. The molecule has 0 radical (unpaired) electrons. The second-order valence-corrected chi connectivity index (χ2v) is 12.8. The van der Waals surface area contributed by atoms with Gasteiger partial charge in [0.2, 0.25) is 0 Å². The quantitative estimate of drug-likeness (QED) is 0.217. The number of hydrogen-bond donors (Lipinski definition) is 0. The Labute approximate surface area is 273 Å². The van der Waals surface area contributed by atoms with Gasteiger partial charge in [-0.25, -0.2) is 0 Å². The van der Waals surface area contributed by atoms with Crippen LogP contribution in [0.25, 0.3) is 22.3 Å². The monoisotopic (exact) mass is 597 g/mol. The number of fused-ring (bicyclic) bond motifs is 10. The average molecular weight is 597 g/mol. The molecule has 4 aliphatic heterocycles. The lowest BCUT2D eigenvalue weighted by Crippen LogP contribution is -2.67. The molecule has 216 valence electrons. The summed E-state index contributed by atoms with van der Waals surface area (Å²) in [7, 11) is 0. The van der Waals surface area contributed by atoms with Crippen LogP contribution in [0.4, 0.5) is 17.1 Å². The fourth-order valence-electron chi connectivity index (χ4n) is 8.39. The molecule has 0 aliphatic carbocycles. The maximum absolute atomic E-state index is 6.77. The highest BCUT2D eigenvalue weighted by Crippen LogP contribution is 2.46. The topological polar surface area (TPSA) is 21.7 Å². The van der Waals surface area contributed by atoms with E-state index in [2.05, 4.69) is 157 Å². The van der Waals surface area contributed by atoms with Gasteiger partial charge in [0.05, 0.1) is 0 Å². The van der Waals surface area contributed by atoms with Gasteiger partial charge >= 0.3 is 0 Å². The Bertz CT molecular complexity index is 2280. The van der Waals surface area contributed by atoms with Crippen molar-refractivity contribution in [3.8, 4) is 45.3 Å². The molecular weight excluding hydrogens is 572 g/mol. The van der Waals surface area contributed by atoms with E-state index in [0.717, 1.165) is 23.0 Å². The third-order valence-electron chi connectivity index (χ3n) is 10.4. The van der Waals surface area contributed by atoms with Gasteiger partial charge < -0.3 is 14.4 Å². The molecule has 3 nitrogen and oxygen atoms in total. The lowest BCUT2D eigenvalue weighted by atomic mass is 9.29. The minimum Gasteiger partial charge on any atom is -0.458 e. The zero-order valence-corrected chi connectivity index (χ0v) is 25.4. The molecule has 0 saturated carbocycles. The normalized spacial score (nSPS) is 13.7. The molecule has 47 heavy (non-hydrogen) atoms. The molecule has 0 amide bonds. The minimum absolute atomic E-state index is 0.0306. The predicted octanol–water partition coefficient (Wildman–Crippen LogP) is 6.36. The number of nitrogens with zero attached hydrogens (tertiary/aromatic N) is 1. The number of anilines is 3. The standard InChI is InChI=1S/C42H25B2NO2/c1-3-11-26(12-4-1)28-19-21-30-34(23-28)45-35-24-29(27-13-5-2-6-14-27)20-22-31(35)44-33-16-8-10-18-37(33)47-39-25-38-40(42(45)41(39)44)43(30)32-15-7-9-17-36(32)46-38/h1-25H. The zero-order chi connectivity index (χ0) is 30.6. The Morgan fingerprint density at radius 3 is 1.30 bits per heavy atom. The number of benzene rings is 7. The average Bonchev–Trinajstić information content (AvgIpc) is 3.14. The summed E-state index contributed by atoms with van der Waals surface area (Å²) in [5, 5.41) is 0. The summed E-state index contributed by atoms with van der Waals surface area (Å²) < 4.78 is 13.5. The fraction of sp³-hybridized carbons (Fsp3) is 0. The highest BCUT2D eigenvalue weighted by atomic mass is 16.5. The van der Waals surface area contributed by atoms with Crippen molar-refractivity contribution in [2.75, 3.05) is 4.90 Å². The van der Waals surface area contributed by atoms with Crippen LogP contribution in [0.2, 0.25) is 0 Å². The maximum atomic E-state index is 6.77. The molecule has 4 aliphatic rings. The lowest BCUT2D eigenvalue weighted by molar-refractivity contribution is 0.465. The van der Waals surface area contributed by atoms with E-state index in [9.17, 15) is 0 Å². The Morgan fingerprint density at radius 1 is 0.362 bits per heavy atom. The summed E-state index contributed by atoms with van der Waals surface area (Å²) >= 11 is 0. The summed E-state index contributed by atoms with van der Waals surface area (Å²) in [6.07, 6.45) is 0. The molecule has 11 rings (SSSR count). The van der Waals surface area contributed by atoms with Gasteiger partial charge in [-0.2, -0.15) is 0 Å². The van der Waals surface area contributed by atoms with Gasteiger partial charge in [-0.15, -0.1) is 0 Å². The van der Waals surface area contributed by atoms with E-state index in [1.165, 1.54) is 72.1 Å². The van der Waals surface area contributed by atoms with Crippen LogP contribution in [0.15, 0.2) is 152 Å². The maximum Gasteiger partial charge on any atom is 0.256 e. The summed E-state index contributed by atoms with van der Waals surface area (Å²) in [5.74, 6) is 3.54. The molecule has 7 aromatic rings. The largest absolute Gasteiger partial charge is 0.458 e. The van der Waals surface area contributed by atoms with Gasteiger partial charge in [0.15, 0.2) is 0 Å². The molecule has 0 saturated heterocycles. The first kappa shape index (κ1) is 25.3. The molecule has 0 spiro atoms. The van der Waals surface area contributed by atoms with Crippen molar-refractivity contribution >= 4 is 63.3 Å². The minimum atomic E-state index is 0.0306. The molecule has 0 unspecified atom stereocenters. The summed E-state index contributed by atoms with van der Waals surface area (Å²) in [4.78, 5) is 2.52. The van der Waals surface area contributed by atoms with Gasteiger partial charge in [0, 0.05) is 23.1 Å². The fourth-order valence-corrected chi connectivity index (χ4v) is 8.39. The van der Waals surface area contributed by atoms with E-state index >= 15 is 0 Å². The van der Waals surface area contributed by atoms with Crippen LogP contribution in [0, 0.1) is 0 Å². The van der Waals surface area contributed by atoms with Crippen LogP contribution in [-0.2, 0) is 0 Å². The Kier molecular flexibility index (Phi) is 5.01. The van der Waals surface area contributed by atoms with E-state index in [0.29, 0.717) is 0 Å². The van der Waals surface area contributed by atoms with Crippen molar-refractivity contribution in [1.29, 1.82) is 0 Å². The van der Waals surface area contributed by atoms with Gasteiger partial charge in [-0.1, -0.05) is 121 Å². The van der Waals surface area contributed by atoms with Crippen LogP contribution >= 0.6 is 0 Å². The van der Waals surface area contributed by atoms with Crippen molar-refractivity contribution < 1.29 is 9.47 Å². The van der Waals surface area contributed by atoms with Crippen molar-refractivity contribution in [3.05, 3.63) is 152 Å². The van der Waals surface area contributed by atoms with E-state index in [1.807, 2.05) is 0 Å². The van der Waals surface area contributed by atoms with Crippen LogP contribution in [0.3, 0.4) is 0 Å². The second-order valence-electron chi connectivity index (χ2n) is 12.8. The smallest absolute Gasteiger partial charge is 0.256 e. The zero-order valence-electron chi connectivity index (χ0n) is 25.4. The molecule has 5 heteroatoms. The van der Waals surface area contributed by atoms with E-state index in [1.54, 1.807) is 0 Å². The number of hydrogen-bond acceptors (Lipinski definition) is 3. The highest BCUT2D eigenvalue weighted by Gasteiger charge is 2.50. The van der Waals surface area contributed by atoms with Crippen molar-refractivity contribution in [1.82, 2.24) is 0 Å². The van der Waals surface area contributed by atoms with Crippen LogP contribution in [-0.4, -0.2) is 13.4 Å². The van der Waals surface area contributed by atoms with Crippen LogP contribution in [0.1, 0.15) is 0 Å². The Balaban J connectivity index is 1.27. The molecule has 0 bridgehead atoms. The molecule has 0 aromatic heterocycles. The first-order valence-electron chi connectivity index (χ1n) is 16.2. The number of rotatable bonds is 2. The molecule has 4 heterocycles. The van der Waals surface area contributed by atoms with Gasteiger partial charge in [-0.05, 0) is 79.3 Å². The van der Waals surface area contributed by atoms with Gasteiger partial charge in [0.25, 0.3) is 13.4 Å². The molecule has 7 aromatic carbocycles. The highest BCUT2D eigenvalue weighted by molar-refractivity contribution is 7.03. The Hall–Kier alpha value is -5.93. The van der Waals surface area contributed by atoms with Crippen molar-refractivity contribution in [3.63, 3.8) is 0 Å². The first-order valence-corrected chi connectivity index (χ1v) is 16.2. The third-order valence-corrected chi connectivity index (χ3v) is 10.4. The van der Waals surface area contributed by atoms with Crippen molar-refractivity contribution in [2.45, 2.75) is 0 Å². The van der Waals surface area contributed by atoms with E-state index in [4.69, 9.17) is 9.47 Å². The summed E-state index contributed by atoms with van der Waals surface area (Å²) in [6, 6.07) is 54.6. The predicted molar refractivity (Wildman–Crippen MR) is 194 cm³/mol.